The van der Waals surface area contributed by atoms with Crippen LogP contribution in [0.15, 0.2) is 94.9 Å². The molecule has 1 aliphatic heterocycles. The highest BCUT2D eigenvalue weighted by Crippen LogP contribution is 2.25. The van der Waals surface area contributed by atoms with E-state index in [0.717, 1.165) is 11.3 Å². The maximum absolute atomic E-state index is 14.2. The number of aromatic nitrogens is 1. The average molecular weight is 621 g/mol. The fourth-order valence-corrected chi connectivity index (χ4v) is 5.05. The van der Waals surface area contributed by atoms with Gasteiger partial charge in [-0.05, 0) is 72.2 Å². The lowest BCUT2D eigenvalue weighted by atomic mass is 10.1. The number of anilines is 2. The zero-order valence-electron chi connectivity index (χ0n) is 25.7. The first-order chi connectivity index (χ1) is 22.1. The molecule has 0 unspecified atom stereocenters. The van der Waals surface area contributed by atoms with Crippen molar-refractivity contribution >= 4 is 35.4 Å². The van der Waals surface area contributed by atoms with Gasteiger partial charge >= 0.3 is 5.97 Å². The predicted octanol–water partition coefficient (Wildman–Crippen LogP) is 4.15. The van der Waals surface area contributed by atoms with Crippen molar-refractivity contribution in [1.29, 1.82) is 0 Å². The van der Waals surface area contributed by atoms with E-state index >= 15 is 0 Å². The number of rotatable bonds is 10. The maximum Gasteiger partial charge on any atom is 0.335 e. The molecule has 0 saturated heterocycles. The van der Waals surface area contributed by atoms with E-state index in [9.17, 15) is 19.5 Å². The molecule has 234 valence electrons. The Morgan fingerprint density at radius 3 is 2.33 bits per heavy atom. The van der Waals surface area contributed by atoms with Crippen LogP contribution in [0.1, 0.15) is 37.4 Å². The third-order valence-corrected chi connectivity index (χ3v) is 7.51. The number of hydrogen-bond acceptors (Lipinski definition) is 8. The second kappa shape index (κ2) is 13.5. The van der Waals surface area contributed by atoms with Crippen LogP contribution in [0.3, 0.4) is 0 Å². The van der Waals surface area contributed by atoms with Crippen molar-refractivity contribution in [1.82, 2.24) is 4.57 Å². The molecule has 0 saturated carbocycles. The average Bonchev–Trinajstić information content (AvgIpc) is 3.39. The molecule has 46 heavy (non-hydrogen) atoms. The van der Waals surface area contributed by atoms with Crippen LogP contribution in [0.25, 0.3) is 17.8 Å². The molecule has 5 rings (SSSR count). The lowest BCUT2D eigenvalue weighted by Gasteiger charge is -2.13. The van der Waals surface area contributed by atoms with Crippen LogP contribution in [-0.4, -0.2) is 48.0 Å². The summed E-state index contributed by atoms with van der Waals surface area (Å²) in [5.74, 6) is -1.45. The summed E-state index contributed by atoms with van der Waals surface area (Å²) in [4.78, 5) is 46.2. The molecular formula is C35H32N4O7. The van der Waals surface area contributed by atoms with Crippen LogP contribution in [0, 0.1) is 6.92 Å². The number of aromatic carboxylic acids is 1. The van der Waals surface area contributed by atoms with Crippen LogP contribution in [-0.2, 0) is 11.5 Å². The second-order valence-electron chi connectivity index (χ2n) is 10.6. The van der Waals surface area contributed by atoms with E-state index in [-0.39, 0.29) is 39.9 Å². The van der Waals surface area contributed by atoms with Gasteiger partial charge in [-0.1, -0.05) is 48.6 Å². The topological polar surface area (TPSA) is 134 Å². The zero-order valence-corrected chi connectivity index (χ0v) is 25.7. The molecule has 1 amide bonds. The molecule has 1 aromatic heterocycles. The van der Waals surface area contributed by atoms with E-state index in [2.05, 4.69) is 9.99 Å². The van der Waals surface area contributed by atoms with Crippen LogP contribution in [0.2, 0.25) is 0 Å². The normalized spacial score (nSPS) is 13.0. The van der Waals surface area contributed by atoms with E-state index in [1.165, 1.54) is 34.9 Å². The molecule has 0 radical (unpaired) electrons. The molecule has 3 aromatic carbocycles. The Bertz CT molecular complexity index is 2050. The minimum Gasteiger partial charge on any atom is -0.495 e. The number of allylic oxidation sites excluding steroid dienone is 3. The number of hydrogen-bond donors (Lipinski definition) is 2. The quantitative estimate of drug-likeness (QED) is 0.154. The smallest absolute Gasteiger partial charge is 0.335 e. The molecule has 4 aromatic rings. The first kappa shape index (κ1) is 31.6. The van der Waals surface area contributed by atoms with Gasteiger partial charge in [0.1, 0.15) is 12.4 Å². The van der Waals surface area contributed by atoms with Gasteiger partial charge in [0, 0.05) is 25.0 Å². The van der Waals surface area contributed by atoms with E-state index in [4.69, 9.17) is 9.99 Å². The number of benzene rings is 3. The fourth-order valence-electron chi connectivity index (χ4n) is 5.05. The van der Waals surface area contributed by atoms with Crippen molar-refractivity contribution in [3.8, 4) is 11.4 Å². The van der Waals surface area contributed by atoms with Gasteiger partial charge in [-0.3, -0.25) is 19.4 Å². The highest BCUT2D eigenvalue weighted by Gasteiger charge is 2.31. The number of fused-ring (bicyclic) bond motifs is 1. The molecule has 0 bridgehead atoms. The number of methoxy groups -OCH3 is 1. The zero-order chi connectivity index (χ0) is 33.0. The third kappa shape index (κ3) is 6.23. The molecule has 0 aliphatic carbocycles. The summed E-state index contributed by atoms with van der Waals surface area (Å²) < 4.78 is 6.72. The number of ether oxygens (including phenoxy) is 1. The minimum atomic E-state index is -1.19. The lowest BCUT2D eigenvalue weighted by molar-refractivity contribution is -0.253. The fraction of sp³-hybridized carbons (Fsp3) is 0.143. The largest absolute Gasteiger partial charge is 0.495 e. The number of carboxylic acids is 1. The van der Waals surface area contributed by atoms with Crippen molar-refractivity contribution < 1.29 is 29.6 Å². The Balaban J connectivity index is 1.65. The number of carboxylic acid groups (broad SMARTS) is 1. The summed E-state index contributed by atoms with van der Waals surface area (Å²) in [5, 5.41) is 24.4. The van der Waals surface area contributed by atoms with Gasteiger partial charge in [0.25, 0.3) is 11.5 Å². The summed E-state index contributed by atoms with van der Waals surface area (Å²) in [5.41, 5.74) is 3.34. The maximum atomic E-state index is 14.2. The summed E-state index contributed by atoms with van der Waals surface area (Å²) in [6.07, 6.45) is 8.86. The Morgan fingerprint density at radius 2 is 1.70 bits per heavy atom. The van der Waals surface area contributed by atoms with Gasteiger partial charge in [-0.2, -0.15) is 5.01 Å². The number of nitrogens with zero attached hydrogens (tertiary/aromatic N) is 4. The monoisotopic (exact) mass is 620 g/mol. The molecule has 11 heteroatoms. The van der Waals surface area contributed by atoms with Crippen LogP contribution in [0.4, 0.5) is 11.4 Å². The third-order valence-electron chi connectivity index (χ3n) is 7.51. The van der Waals surface area contributed by atoms with E-state index < -0.39 is 17.4 Å². The van der Waals surface area contributed by atoms with Crippen LogP contribution >= 0.6 is 0 Å². The molecule has 0 fully saturated rings. The second-order valence-corrected chi connectivity index (χ2v) is 10.6. The molecule has 2 N–H and O–H groups in total. The van der Waals surface area contributed by atoms with Crippen LogP contribution in [0.5, 0.6) is 5.75 Å². The van der Waals surface area contributed by atoms with Gasteiger partial charge in [0.05, 0.1) is 29.6 Å². The van der Waals surface area contributed by atoms with Gasteiger partial charge < -0.3 is 14.7 Å². The first-order valence-corrected chi connectivity index (χ1v) is 14.2. The SMILES string of the molecule is COc1ccc(C(=O)O)cc1-n1c2c(c(C)\c(=C/C=C/C=C/c3ccc(N(C)C)cc3)c1=O)C(=O)N(c1ccc(COO)cc1)N=2. The molecular weight excluding hydrogens is 588 g/mol. The predicted molar refractivity (Wildman–Crippen MR) is 175 cm³/mol. The summed E-state index contributed by atoms with van der Waals surface area (Å²) in [6, 6.07) is 18.8. The molecule has 2 heterocycles. The van der Waals surface area contributed by atoms with E-state index in [0.29, 0.717) is 16.8 Å². The number of carbonyl (C=O) groups excluding carboxylic acids is 1. The van der Waals surface area contributed by atoms with Gasteiger partial charge in [-0.25, -0.2) is 9.68 Å². The molecule has 0 atom stereocenters. The summed E-state index contributed by atoms with van der Waals surface area (Å²) >= 11 is 0. The first-order valence-electron chi connectivity index (χ1n) is 14.2. The minimum absolute atomic E-state index is 0.0331. The number of carbonyl (C=O) groups is 2. The van der Waals surface area contributed by atoms with E-state index in [1.807, 2.05) is 55.4 Å². The van der Waals surface area contributed by atoms with Crippen molar-refractivity contribution in [2.24, 2.45) is 5.10 Å². The standard InChI is InChI=1S/C35H32N4O7/c1-22-28(9-7-5-6-8-23-10-15-26(16-11-23)37(2)3)33(40)38(29-20-25(35(42)43)14-19-30(29)45-4)32-31(22)34(41)39(36-32)27-17-12-24(13-18-27)21-46-44/h5-20,44H,21H2,1-4H3,(H,42,43)/b7-5+,8-6+,28-9+. The summed E-state index contributed by atoms with van der Waals surface area (Å²) in [6.45, 7) is 1.64. The van der Waals surface area contributed by atoms with Gasteiger partial charge in [0.15, 0.2) is 5.49 Å². The van der Waals surface area contributed by atoms with E-state index in [1.54, 1.807) is 49.4 Å². The van der Waals surface area contributed by atoms with Crippen molar-refractivity contribution in [2.45, 2.75) is 13.5 Å². The van der Waals surface area contributed by atoms with Gasteiger partial charge in [0.2, 0.25) is 0 Å². The Morgan fingerprint density at radius 1 is 0.978 bits per heavy atom. The molecule has 0 spiro atoms. The molecule has 11 nitrogen and oxygen atoms in total. The highest BCUT2D eigenvalue weighted by atomic mass is 17.1. The van der Waals surface area contributed by atoms with Crippen molar-refractivity contribution in [3.63, 3.8) is 0 Å². The summed E-state index contributed by atoms with van der Waals surface area (Å²) in [7, 11) is 5.36. The van der Waals surface area contributed by atoms with Gasteiger partial charge in [-0.15, -0.1) is 5.10 Å². The van der Waals surface area contributed by atoms with Crippen molar-refractivity contribution in [3.05, 3.63) is 134 Å². The Kier molecular flexibility index (Phi) is 9.26. The van der Waals surface area contributed by atoms with Crippen molar-refractivity contribution in [2.75, 3.05) is 31.1 Å². The molecule has 1 aliphatic rings. The Labute approximate surface area is 264 Å². The Hall–Kier alpha value is -5.78. The highest BCUT2D eigenvalue weighted by molar-refractivity contribution is 6.08. The number of amides is 1. The lowest BCUT2D eigenvalue weighted by Crippen LogP contribution is -2.45. The van der Waals surface area contributed by atoms with Crippen LogP contribution < -0.4 is 30.9 Å². The number of pyridine rings is 1.